The summed E-state index contributed by atoms with van der Waals surface area (Å²) in [5.74, 6) is -8.46. The minimum absolute atomic E-state index is 0.0732. The van der Waals surface area contributed by atoms with Crippen LogP contribution in [0.2, 0.25) is 0 Å². The summed E-state index contributed by atoms with van der Waals surface area (Å²) in [7, 11) is 0. The van der Waals surface area contributed by atoms with E-state index in [2.05, 4.69) is 6.92 Å². The lowest BCUT2D eigenvalue weighted by Crippen LogP contribution is -2.30. The second kappa shape index (κ2) is 16.8. The van der Waals surface area contributed by atoms with E-state index >= 15 is 8.78 Å². The molecule has 0 bridgehead atoms. The maximum atomic E-state index is 15.3. The summed E-state index contributed by atoms with van der Waals surface area (Å²) < 4.78 is 106. The van der Waals surface area contributed by atoms with Gasteiger partial charge in [0.25, 0.3) is 0 Å². The number of benzene rings is 3. The second-order valence-electron chi connectivity index (χ2n) is 13.2. The Hall–Kier alpha value is -3.69. The molecular weight excluding hydrogens is 646 g/mol. The van der Waals surface area contributed by atoms with Crippen LogP contribution < -0.4 is 9.47 Å². The van der Waals surface area contributed by atoms with Gasteiger partial charge in [0.1, 0.15) is 6.10 Å². The summed E-state index contributed by atoms with van der Waals surface area (Å²) in [5, 5.41) is 0. The number of hydrogen-bond acceptors (Lipinski definition) is 4. The highest BCUT2D eigenvalue weighted by Gasteiger charge is 2.34. The predicted octanol–water partition coefficient (Wildman–Crippen LogP) is 11.1. The summed E-state index contributed by atoms with van der Waals surface area (Å²) in [6.07, 6.45) is 7.44. The van der Waals surface area contributed by atoms with Crippen molar-refractivity contribution in [2.75, 3.05) is 13.2 Å². The molecule has 2 fully saturated rings. The molecule has 0 unspecified atom stereocenters. The predicted molar refractivity (Wildman–Crippen MR) is 175 cm³/mol. The van der Waals surface area contributed by atoms with Gasteiger partial charge in [0, 0.05) is 11.1 Å². The van der Waals surface area contributed by atoms with E-state index < -0.39 is 40.5 Å². The van der Waals surface area contributed by atoms with Crippen molar-refractivity contribution in [2.45, 2.75) is 109 Å². The number of halogens is 6. The third kappa shape index (κ3) is 8.38. The SMILES string of the molecule is CCCCCCOc1ccc([C@H]2CC[C@H](OC(=O)C3CCC(c4ccc(-c5ccc(OCC)c(F)c5F)c(F)c4F)CC3)CC2)c(F)c1F. The van der Waals surface area contributed by atoms with Crippen molar-refractivity contribution in [1.82, 2.24) is 0 Å². The fourth-order valence-electron chi connectivity index (χ4n) is 7.17. The minimum atomic E-state index is -1.32. The summed E-state index contributed by atoms with van der Waals surface area (Å²) in [6.45, 7) is 4.17. The van der Waals surface area contributed by atoms with Gasteiger partial charge in [0.2, 0.25) is 11.6 Å². The van der Waals surface area contributed by atoms with Crippen LogP contribution in [-0.2, 0) is 9.53 Å². The summed E-state index contributed by atoms with van der Waals surface area (Å²) in [4.78, 5) is 13.0. The fraction of sp³-hybridized carbons (Fsp3) is 0.513. The first-order valence-electron chi connectivity index (χ1n) is 17.5. The minimum Gasteiger partial charge on any atom is -0.491 e. The Morgan fingerprint density at radius 1 is 0.592 bits per heavy atom. The Morgan fingerprint density at radius 3 is 1.73 bits per heavy atom. The highest BCUT2D eigenvalue weighted by Crippen LogP contribution is 2.42. The number of carbonyl (C=O) groups excluding carboxylic acids is 1. The molecule has 0 radical (unpaired) electrons. The van der Waals surface area contributed by atoms with E-state index in [9.17, 15) is 22.4 Å². The van der Waals surface area contributed by atoms with Crippen LogP contribution in [0.5, 0.6) is 11.5 Å². The Balaban J connectivity index is 1.11. The molecule has 2 aliphatic carbocycles. The van der Waals surface area contributed by atoms with Crippen molar-refractivity contribution in [1.29, 1.82) is 0 Å². The van der Waals surface area contributed by atoms with Gasteiger partial charge < -0.3 is 14.2 Å². The largest absolute Gasteiger partial charge is 0.491 e. The van der Waals surface area contributed by atoms with Gasteiger partial charge >= 0.3 is 5.97 Å². The zero-order chi connectivity index (χ0) is 35.1. The summed E-state index contributed by atoms with van der Waals surface area (Å²) in [6, 6.07) is 8.07. The fourth-order valence-corrected chi connectivity index (χ4v) is 7.17. The van der Waals surface area contributed by atoms with Crippen molar-refractivity contribution in [3.8, 4) is 22.6 Å². The van der Waals surface area contributed by atoms with Gasteiger partial charge in [-0.1, -0.05) is 44.4 Å². The Morgan fingerprint density at radius 2 is 1.10 bits per heavy atom. The van der Waals surface area contributed by atoms with Crippen LogP contribution in [0, 0.1) is 40.8 Å². The molecular formula is C39H44F6O4. The molecule has 0 spiro atoms. The van der Waals surface area contributed by atoms with E-state index in [4.69, 9.17) is 14.2 Å². The van der Waals surface area contributed by atoms with Crippen LogP contribution in [0.1, 0.15) is 114 Å². The van der Waals surface area contributed by atoms with E-state index in [0.29, 0.717) is 63.5 Å². The van der Waals surface area contributed by atoms with Crippen molar-refractivity contribution in [3.05, 3.63) is 82.4 Å². The van der Waals surface area contributed by atoms with E-state index in [1.165, 1.54) is 24.3 Å². The monoisotopic (exact) mass is 690 g/mol. The van der Waals surface area contributed by atoms with Crippen LogP contribution in [-0.4, -0.2) is 25.3 Å². The van der Waals surface area contributed by atoms with Crippen LogP contribution in [0.25, 0.3) is 11.1 Å². The molecule has 0 heterocycles. The van der Waals surface area contributed by atoms with Gasteiger partial charge in [-0.3, -0.25) is 4.79 Å². The van der Waals surface area contributed by atoms with Crippen molar-refractivity contribution in [3.63, 3.8) is 0 Å². The number of hydrogen-bond donors (Lipinski definition) is 0. The van der Waals surface area contributed by atoms with E-state index in [1.807, 2.05) is 0 Å². The molecule has 0 saturated heterocycles. The van der Waals surface area contributed by atoms with E-state index in [0.717, 1.165) is 31.7 Å². The molecule has 3 aromatic rings. The lowest BCUT2D eigenvalue weighted by Gasteiger charge is -2.32. The maximum Gasteiger partial charge on any atom is 0.309 e. The van der Waals surface area contributed by atoms with Gasteiger partial charge in [-0.2, -0.15) is 8.78 Å². The molecule has 0 aromatic heterocycles. The molecule has 10 heteroatoms. The standard InChI is InChI=1S/C39H44F6O4/c1-3-5-6-7-22-48-32-20-18-28(34(41)38(32)45)24-12-14-26(15-13-24)49-39(46)25-10-8-23(9-11-25)27-16-17-29(35(42)33(27)40)30-19-21-31(47-4-2)37(44)36(30)43/h16-21,23-26H,3-15,22H2,1-2H3/t23?,24-,25?,26-. The zero-order valence-corrected chi connectivity index (χ0v) is 28.1. The van der Waals surface area contributed by atoms with Crippen molar-refractivity contribution >= 4 is 5.97 Å². The molecule has 0 aliphatic heterocycles. The van der Waals surface area contributed by atoms with Crippen molar-refractivity contribution in [2.24, 2.45) is 5.92 Å². The molecule has 3 aromatic carbocycles. The number of unbranched alkanes of at least 4 members (excludes halogenated alkanes) is 3. The van der Waals surface area contributed by atoms with Crippen LogP contribution in [0.15, 0.2) is 36.4 Å². The quantitative estimate of drug-likeness (QED) is 0.102. The van der Waals surface area contributed by atoms with Crippen LogP contribution in [0.4, 0.5) is 26.3 Å². The molecule has 0 N–H and O–H groups in total. The molecule has 0 atom stereocenters. The van der Waals surface area contributed by atoms with Crippen LogP contribution in [0.3, 0.4) is 0 Å². The number of esters is 1. The highest BCUT2D eigenvalue weighted by molar-refractivity contribution is 5.73. The first-order chi connectivity index (χ1) is 23.6. The van der Waals surface area contributed by atoms with E-state index in [1.54, 1.807) is 13.0 Å². The summed E-state index contributed by atoms with van der Waals surface area (Å²) >= 11 is 0. The van der Waals surface area contributed by atoms with Gasteiger partial charge in [-0.25, -0.2) is 17.6 Å². The third-order valence-electron chi connectivity index (χ3n) is 9.98. The summed E-state index contributed by atoms with van der Waals surface area (Å²) in [5.41, 5.74) is -0.349. The van der Waals surface area contributed by atoms with Gasteiger partial charge in [-0.05, 0) is 106 Å². The first kappa shape index (κ1) is 36.6. The number of ether oxygens (including phenoxy) is 3. The van der Waals surface area contributed by atoms with Crippen molar-refractivity contribution < 1.29 is 45.3 Å². The molecule has 2 aliphatic rings. The molecule has 266 valence electrons. The van der Waals surface area contributed by atoms with Gasteiger partial charge in [0.15, 0.2) is 34.8 Å². The van der Waals surface area contributed by atoms with E-state index in [-0.39, 0.29) is 59.1 Å². The molecule has 5 rings (SSSR count). The van der Waals surface area contributed by atoms with Gasteiger partial charge in [-0.15, -0.1) is 0 Å². The average molecular weight is 691 g/mol. The highest BCUT2D eigenvalue weighted by atomic mass is 19.2. The lowest BCUT2D eigenvalue weighted by atomic mass is 9.78. The Labute approximate surface area is 284 Å². The normalized spacial score (nSPS) is 21.0. The average Bonchev–Trinajstić information content (AvgIpc) is 3.11. The third-order valence-corrected chi connectivity index (χ3v) is 9.98. The molecule has 2 saturated carbocycles. The first-order valence-corrected chi connectivity index (χ1v) is 17.5. The molecule has 0 amide bonds. The Bertz CT molecular complexity index is 1600. The van der Waals surface area contributed by atoms with Gasteiger partial charge in [0.05, 0.1) is 19.1 Å². The molecule has 4 nitrogen and oxygen atoms in total. The topological polar surface area (TPSA) is 44.8 Å². The lowest BCUT2D eigenvalue weighted by molar-refractivity contribution is -0.157. The smallest absolute Gasteiger partial charge is 0.309 e. The molecule has 49 heavy (non-hydrogen) atoms. The Kier molecular flexibility index (Phi) is 12.6. The zero-order valence-electron chi connectivity index (χ0n) is 28.1. The maximum absolute atomic E-state index is 15.3. The number of rotatable bonds is 13. The number of carbonyl (C=O) groups is 1. The van der Waals surface area contributed by atoms with Crippen LogP contribution >= 0.6 is 0 Å². The second-order valence-corrected chi connectivity index (χ2v) is 13.2.